The Labute approximate surface area is 289 Å². The molecule has 11 heteroatoms. The molecule has 2 saturated carbocycles. The van der Waals surface area contributed by atoms with Crippen molar-refractivity contribution in [3.8, 4) is 11.6 Å². The molecule has 0 unspecified atom stereocenters. The first kappa shape index (κ1) is 33.9. The second-order valence-electron chi connectivity index (χ2n) is 16.2. The SMILES string of the molecule is CC(C)(C)[C@@H]1NC(=O)O[C@@H]2C[C@H]2CCCCCc2c(nc3ccccc3c2OC2CCN(CC3CC3)CC2)O[C@@H]2C[C@@H](C(N)=O)N(C2)C1=O. The Morgan fingerprint density at radius 2 is 1.80 bits per heavy atom. The Balaban J connectivity index is 1.20. The van der Waals surface area contributed by atoms with Gasteiger partial charge in [0.05, 0.1) is 17.6 Å². The lowest BCUT2D eigenvalue weighted by Gasteiger charge is -2.34. The smallest absolute Gasteiger partial charge is 0.408 e. The molecule has 4 heterocycles. The number of carbonyl (C=O) groups is 3. The largest absolute Gasteiger partial charge is 0.489 e. The van der Waals surface area contributed by atoms with E-state index in [1.54, 1.807) is 0 Å². The van der Waals surface area contributed by atoms with Crippen molar-refractivity contribution in [1.29, 1.82) is 0 Å². The van der Waals surface area contributed by atoms with Gasteiger partial charge in [-0.3, -0.25) is 9.59 Å². The lowest BCUT2D eigenvalue weighted by molar-refractivity contribution is -0.141. The molecule has 2 aliphatic carbocycles. The van der Waals surface area contributed by atoms with Gasteiger partial charge in [0.2, 0.25) is 17.7 Å². The number of para-hydroxylation sites is 1. The van der Waals surface area contributed by atoms with Crippen LogP contribution in [0.5, 0.6) is 11.6 Å². The highest BCUT2D eigenvalue weighted by Gasteiger charge is 2.47. The molecule has 5 aliphatic rings. The first-order valence-corrected chi connectivity index (χ1v) is 18.6. The maximum Gasteiger partial charge on any atom is 0.408 e. The van der Waals surface area contributed by atoms with Crippen LogP contribution in [0.1, 0.15) is 90.5 Å². The summed E-state index contributed by atoms with van der Waals surface area (Å²) in [5.41, 5.74) is 6.98. The van der Waals surface area contributed by atoms with Gasteiger partial charge < -0.3 is 35.1 Å². The number of primary amides is 1. The minimum atomic E-state index is -0.915. The predicted octanol–water partition coefficient (Wildman–Crippen LogP) is 4.97. The monoisotopic (exact) mass is 675 g/mol. The summed E-state index contributed by atoms with van der Waals surface area (Å²) in [7, 11) is 0. The number of nitrogens with two attached hydrogens (primary N) is 1. The number of hydrogen-bond acceptors (Lipinski definition) is 8. The summed E-state index contributed by atoms with van der Waals surface area (Å²) in [6.07, 6.45) is 9.29. The minimum absolute atomic E-state index is 0.105. The Morgan fingerprint density at radius 3 is 2.53 bits per heavy atom. The molecule has 3 amide bonds. The molecule has 4 fully saturated rings. The fourth-order valence-corrected chi connectivity index (χ4v) is 7.91. The van der Waals surface area contributed by atoms with E-state index in [0.717, 1.165) is 92.6 Å². The number of ether oxygens (including phenoxy) is 3. The fourth-order valence-electron chi connectivity index (χ4n) is 7.91. The van der Waals surface area contributed by atoms with Crippen LogP contribution in [0.4, 0.5) is 4.79 Å². The van der Waals surface area contributed by atoms with Crippen molar-refractivity contribution >= 4 is 28.8 Å². The van der Waals surface area contributed by atoms with Gasteiger partial charge in [-0.2, -0.15) is 0 Å². The average molecular weight is 676 g/mol. The van der Waals surface area contributed by atoms with E-state index in [2.05, 4.69) is 16.3 Å². The summed E-state index contributed by atoms with van der Waals surface area (Å²) < 4.78 is 19.4. The van der Waals surface area contributed by atoms with Crippen molar-refractivity contribution in [2.24, 2.45) is 23.0 Å². The zero-order chi connectivity index (χ0) is 34.3. The Morgan fingerprint density at radius 1 is 1.02 bits per heavy atom. The number of rotatable bonds is 5. The first-order chi connectivity index (χ1) is 23.5. The second-order valence-corrected chi connectivity index (χ2v) is 16.2. The summed E-state index contributed by atoms with van der Waals surface area (Å²) in [5, 5.41) is 3.81. The number of alkyl carbamates (subject to hydrolysis) is 1. The van der Waals surface area contributed by atoms with Crippen molar-refractivity contribution < 1.29 is 28.6 Å². The summed E-state index contributed by atoms with van der Waals surface area (Å²) in [5.74, 6) is 1.57. The standard InChI is InChI=1S/C38H53N5O6/c1-38(2,3)33-36(45)43-22-26(20-30(43)34(39)44)48-35-28(11-6-4-5-9-24-19-31(24)49-37(46)41-33)32(27-10-7-8-12-29(27)40-35)47-25-15-17-42(18-16-25)21-23-13-14-23/h7-8,10,12,23-26,30-31,33H,4-6,9,11,13-22H2,1-3H3,(H2,39,44)(H,41,46)/t24-,26-,30+,31-,33-/m1/s1. The Kier molecular flexibility index (Phi) is 9.65. The number of piperidine rings is 1. The van der Waals surface area contributed by atoms with Gasteiger partial charge in [0.1, 0.15) is 36.1 Å². The molecule has 11 nitrogen and oxygen atoms in total. The molecule has 1 aromatic carbocycles. The topological polar surface area (TPSA) is 136 Å². The quantitative estimate of drug-likeness (QED) is 0.454. The fraction of sp³-hybridized carbons (Fsp3) is 0.684. The number of hydrogen-bond donors (Lipinski definition) is 2. The summed E-state index contributed by atoms with van der Waals surface area (Å²) >= 11 is 0. The van der Waals surface area contributed by atoms with Gasteiger partial charge in [0, 0.05) is 31.4 Å². The van der Waals surface area contributed by atoms with E-state index in [1.165, 1.54) is 24.3 Å². The van der Waals surface area contributed by atoms with Crippen LogP contribution in [0.2, 0.25) is 0 Å². The van der Waals surface area contributed by atoms with Crippen molar-refractivity contribution in [1.82, 2.24) is 20.1 Å². The third-order valence-corrected chi connectivity index (χ3v) is 11.1. The van der Waals surface area contributed by atoms with Crippen LogP contribution < -0.4 is 20.5 Å². The number of aromatic nitrogens is 1. The highest BCUT2D eigenvalue weighted by molar-refractivity contribution is 5.92. The third-order valence-electron chi connectivity index (χ3n) is 11.1. The maximum absolute atomic E-state index is 14.1. The van der Waals surface area contributed by atoms with Gasteiger partial charge in [-0.05, 0) is 80.8 Å². The number of pyridine rings is 1. The van der Waals surface area contributed by atoms with Crippen LogP contribution in [0.25, 0.3) is 10.9 Å². The van der Waals surface area contributed by atoms with Crippen molar-refractivity contribution in [2.75, 3.05) is 26.2 Å². The van der Waals surface area contributed by atoms with Crippen LogP contribution in [0, 0.1) is 17.3 Å². The van der Waals surface area contributed by atoms with Crippen LogP contribution in [-0.4, -0.2) is 89.3 Å². The Hall–Kier alpha value is -3.60. The molecule has 3 N–H and O–H groups in total. The van der Waals surface area contributed by atoms with E-state index in [0.29, 0.717) is 11.8 Å². The average Bonchev–Trinajstić information content (AvgIpc) is 3.98. The number of carbonyl (C=O) groups excluding carboxylic acids is 3. The number of nitrogens with zero attached hydrogens (tertiary/aromatic N) is 3. The molecule has 266 valence electrons. The van der Waals surface area contributed by atoms with E-state index in [1.807, 2.05) is 39.0 Å². The molecular weight excluding hydrogens is 622 g/mol. The van der Waals surface area contributed by atoms with Gasteiger partial charge >= 0.3 is 6.09 Å². The van der Waals surface area contributed by atoms with Crippen LogP contribution in [0.15, 0.2) is 24.3 Å². The van der Waals surface area contributed by atoms with Gasteiger partial charge in [0.25, 0.3) is 0 Å². The first-order valence-electron chi connectivity index (χ1n) is 18.6. The molecule has 2 bridgehead atoms. The molecule has 1 aromatic heterocycles. The maximum atomic E-state index is 14.1. The minimum Gasteiger partial charge on any atom is -0.489 e. The predicted molar refractivity (Wildman–Crippen MR) is 185 cm³/mol. The van der Waals surface area contributed by atoms with Crippen molar-refractivity contribution in [3.05, 3.63) is 29.8 Å². The zero-order valence-corrected chi connectivity index (χ0v) is 29.3. The zero-order valence-electron chi connectivity index (χ0n) is 29.3. The molecule has 0 radical (unpaired) electrons. The third kappa shape index (κ3) is 7.92. The van der Waals surface area contributed by atoms with E-state index in [4.69, 9.17) is 24.9 Å². The number of benzene rings is 1. The van der Waals surface area contributed by atoms with Crippen LogP contribution in [-0.2, 0) is 20.7 Å². The van der Waals surface area contributed by atoms with E-state index in [-0.39, 0.29) is 31.1 Å². The molecule has 3 aliphatic heterocycles. The molecule has 7 rings (SSSR count). The Bertz CT molecular complexity index is 1550. The lowest BCUT2D eigenvalue weighted by atomic mass is 9.85. The number of likely N-dealkylation sites (tertiary alicyclic amines) is 1. The number of amides is 3. The summed E-state index contributed by atoms with van der Waals surface area (Å²) in [4.78, 5) is 49.0. The highest BCUT2D eigenvalue weighted by atomic mass is 16.6. The number of nitrogens with one attached hydrogen (secondary N) is 1. The van der Waals surface area contributed by atoms with Gasteiger partial charge in [-0.15, -0.1) is 0 Å². The molecular formula is C38H53N5O6. The molecule has 2 aromatic rings. The van der Waals surface area contributed by atoms with Gasteiger partial charge in [-0.1, -0.05) is 45.7 Å². The van der Waals surface area contributed by atoms with Crippen molar-refractivity contribution in [3.63, 3.8) is 0 Å². The second kappa shape index (κ2) is 14.0. The number of fused-ring (bicyclic) bond motifs is 5. The van der Waals surface area contributed by atoms with Gasteiger partial charge in [-0.25, -0.2) is 9.78 Å². The van der Waals surface area contributed by atoms with Crippen LogP contribution >= 0.6 is 0 Å². The molecule has 49 heavy (non-hydrogen) atoms. The van der Waals surface area contributed by atoms with E-state index >= 15 is 0 Å². The summed E-state index contributed by atoms with van der Waals surface area (Å²) in [6, 6.07) is 6.27. The molecule has 0 spiro atoms. The molecule has 5 atom stereocenters. The lowest BCUT2D eigenvalue weighted by Crippen LogP contribution is -2.57. The van der Waals surface area contributed by atoms with E-state index < -0.39 is 35.6 Å². The summed E-state index contributed by atoms with van der Waals surface area (Å²) in [6.45, 7) is 9.09. The van der Waals surface area contributed by atoms with Gasteiger partial charge in [0.15, 0.2) is 0 Å². The van der Waals surface area contributed by atoms with Crippen LogP contribution in [0.3, 0.4) is 0 Å². The molecule has 2 saturated heterocycles. The van der Waals surface area contributed by atoms with E-state index in [9.17, 15) is 14.4 Å². The normalized spacial score (nSPS) is 29.1. The van der Waals surface area contributed by atoms with Crippen molar-refractivity contribution in [2.45, 2.75) is 122 Å². The highest BCUT2D eigenvalue weighted by Crippen LogP contribution is 2.41.